The molecule has 5 heteroatoms. The maximum Gasteiger partial charge on any atom is 0.277 e. The SMILES string of the molecule is O=C(CSc1nnc(-c2ccccc2)o1)c1ccccc1. The second-order valence-corrected chi connectivity index (χ2v) is 5.24. The fourth-order valence-electron chi connectivity index (χ4n) is 1.80. The van der Waals surface area contributed by atoms with Gasteiger partial charge in [0.1, 0.15) is 0 Å². The van der Waals surface area contributed by atoms with Gasteiger partial charge in [-0.2, -0.15) is 0 Å². The van der Waals surface area contributed by atoms with Crippen LogP contribution in [0.5, 0.6) is 0 Å². The van der Waals surface area contributed by atoms with E-state index in [-0.39, 0.29) is 11.5 Å². The first-order valence-electron chi connectivity index (χ1n) is 6.43. The topological polar surface area (TPSA) is 56.0 Å². The summed E-state index contributed by atoms with van der Waals surface area (Å²) in [4.78, 5) is 12.0. The van der Waals surface area contributed by atoms with E-state index in [4.69, 9.17) is 4.42 Å². The molecular weight excluding hydrogens is 284 g/mol. The summed E-state index contributed by atoms with van der Waals surface area (Å²) in [6.45, 7) is 0. The zero-order valence-electron chi connectivity index (χ0n) is 11.1. The zero-order valence-corrected chi connectivity index (χ0v) is 11.9. The van der Waals surface area contributed by atoms with Gasteiger partial charge in [0.25, 0.3) is 5.22 Å². The Labute approximate surface area is 126 Å². The van der Waals surface area contributed by atoms with Crippen LogP contribution < -0.4 is 0 Å². The summed E-state index contributed by atoms with van der Waals surface area (Å²) in [6, 6.07) is 18.7. The summed E-state index contributed by atoms with van der Waals surface area (Å²) >= 11 is 1.25. The Morgan fingerprint density at radius 1 is 0.952 bits per heavy atom. The number of Topliss-reactive ketones (excluding diaryl/α,β-unsaturated/α-hetero) is 1. The average molecular weight is 296 g/mol. The van der Waals surface area contributed by atoms with Crippen LogP contribution in [0.25, 0.3) is 11.5 Å². The maximum absolute atomic E-state index is 12.0. The lowest BCUT2D eigenvalue weighted by Gasteiger charge is -1.97. The molecule has 0 aliphatic carbocycles. The molecule has 0 N–H and O–H groups in total. The Bertz CT molecular complexity index is 726. The molecule has 2 aromatic carbocycles. The van der Waals surface area contributed by atoms with Crippen molar-refractivity contribution in [3.05, 3.63) is 66.2 Å². The Hall–Kier alpha value is -2.40. The molecule has 1 heterocycles. The van der Waals surface area contributed by atoms with Crippen molar-refractivity contribution in [1.82, 2.24) is 10.2 Å². The molecule has 0 radical (unpaired) electrons. The van der Waals surface area contributed by atoms with Crippen LogP contribution in [0.15, 0.2) is 70.3 Å². The first-order valence-corrected chi connectivity index (χ1v) is 7.41. The highest BCUT2D eigenvalue weighted by molar-refractivity contribution is 7.99. The van der Waals surface area contributed by atoms with E-state index in [1.54, 1.807) is 12.1 Å². The Morgan fingerprint density at radius 3 is 2.33 bits per heavy atom. The highest BCUT2D eigenvalue weighted by Gasteiger charge is 2.11. The number of aromatic nitrogens is 2. The van der Waals surface area contributed by atoms with E-state index in [9.17, 15) is 4.79 Å². The molecule has 0 fully saturated rings. The summed E-state index contributed by atoms with van der Waals surface area (Å²) in [7, 11) is 0. The zero-order chi connectivity index (χ0) is 14.5. The molecule has 0 aliphatic rings. The van der Waals surface area contributed by atoms with Crippen molar-refractivity contribution >= 4 is 17.5 Å². The standard InChI is InChI=1S/C16H12N2O2S/c19-14(12-7-3-1-4-8-12)11-21-16-18-17-15(20-16)13-9-5-2-6-10-13/h1-10H,11H2. The number of nitrogens with zero attached hydrogens (tertiary/aromatic N) is 2. The Kier molecular flexibility index (Phi) is 4.12. The summed E-state index contributed by atoms with van der Waals surface area (Å²) in [5.74, 6) is 0.783. The number of hydrogen-bond acceptors (Lipinski definition) is 5. The maximum atomic E-state index is 12.0. The van der Waals surface area contributed by atoms with Gasteiger partial charge in [-0.1, -0.05) is 60.3 Å². The lowest BCUT2D eigenvalue weighted by molar-refractivity contribution is 0.102. The molecule has 1 aromatic heterocycles. The van der Waals surface area contributed by atoms with Gasteiger partial charge in [0, 0.05) is 11.1 Å². The van der Waals surface area contributed by atoms with Crippen molar-refractivity contribution < 1.29 is 9.21 Å². The number of rotatable bonds is 5. The summed E-state index contributed by atoms with van der Waals surface area (Å²) in [6.07, 6.45) is 0. The van der Waals surface area contributed by atoms with Gasteiger partial charge in [-0.15, -0.1) is 10.2 Å². The molecule has 0 spiro atoms. The second-order valence-electron chi connectivity index (χ2n) is 4.32. The van der Waals surface area contributed by atoms with Gasteiger partial charge in [0.2, 0.25) is 5.89 Å². The van der Waals surface area contributed by atoms with Crippen molar-refractivity contribution in [2.75, 3.05) is 5.75 Å². The van der Waals surface area contributed by atoms with Crippen LogP contribution in [-0.2, 0) is 0 Å². The van der Waals surface area contributed by atoms with Crippen LogP contribution in [0.4, 0.5) is 0 Å². The molecule has 0 aliphatic heterocycles. The fraction of sp³-hybridized carbons (Fsp3) is 0.0625. The van der Waals surface area contributed by atoms with Crippen LogP contribution in [0, 0.1) is 0 Å². The van der Waals surface area contributed by atoms with E-state index in [1.807, 2.05) is 48.5 Å². The molecule has 0 bridgehead atoms. The smallest absolute Gasteiger partial charge is 0.277 e. The van der Waals surface area contributed by atoms with E-state index in [1.165, 1.54) is 11.8 Å². The van der Waals surface area contributed by atoms with Crippen LogP contribution in [-0.4, -0.2) is 21.7 Å². The van der Waals surface area contributed by atoms with Crippen LogP contribution in [0.3, 0.4) is 0 Å². The first kappa shape index (κ1) is 13.6. The Balaban J connectivity index is 1.64. The van der Waals surface area contributed by atoms with E-state index in [0.29, 0.717) is 16.7 Å². The number of carbonyl (C=O) groups excluding carboxylic acids is 1. The van der Waals surface area contributed by atoms with E-state index >= 15 is 0 Å². The van der Waals surface area contributed by atoms with Gasteiger partial charge < -0.3 is 4.42 Å². The molecule has 104 valence electrons. The van der Waals surface area contributed by atoms with E-state index in [0.717, 1.165) is 5.56 Å². The number of benzene rings is 2. The molecule has 0 atom stereocenters. The van der Waals surface area contributed by atoms with Gasteiger partial charge in [0.15, 0.2) is 5.78 Å². The molecule has 4 nitrogen and oxygen atoms in total. The average Bonchev–Trinajstić information content (AvgIpc) is 3.03. The number of hydrogen-bond donors (Lipinski definition) is 0. The molecular formula is C16H12N2O2S. The normalized spacial score (nSPS) is 10.5. The third-order valence-corrected chi connectivity index (χ3v) is 3.67. The quantitative estimate of drug-likeness (QED) is 0.530. The molecule has 3 aromatic rings. The molecule has 3 rings (SSSR count). The fourth-order valence-corrected chi connectivity index (χ4v) is 2.46. The van der Waals surface area contributed by atoms with Crippen molar-refractivity contribution in [1.29, 1.82) is 0 Å². The van der Waals surface area contributed by atoms with Crippen molar-refractivity contribution in [3.63, 3.8) is 0 Å². The van der Waals surface area contributed by atoms with Gasteiger partial charge in [0.05, 0.1) is 5.75 Å². The van der Waals surface area contributed by atoms with Crippen LogP contribution in [0.2, 0.25) is 0 Å². The lowest BCUT2D eigenvalue weighted by Crippen LogP contribution is -2.01. The van der Waals surface area contributed by atoms with Gasteiger partial charge in [-0.3, -0.25) is 4.79 Å². The number of thioether (sulfide) groups is 1. The highest BCUT2D eigenvalue weighted by Crippen LogP contribution is 2.23. The largest absolute Gasteiger partial charge is 0.411 e. The van der Waals surface area contributed by atoms with Gasteiger partial charge in [-0.05, 0) is 12.1 Å². The summed E-state index contributed by atoms with van der Waals surface area (Å²) in [5, 5.41) is 8.34. The summed E-state index contributed by atoms with van der Waals surface area (Å²) < 4.78 is 5.54. The molecule has 0 amide bonds. The minimum Gasteiger partial charge on any atom is -0.411 e. The van der Waals surface area contributed by atoms with Gasteiger partial charge in [-0.25, -0.2) is 0 Å². The minimum absolute atomic E-state index is 0.0417. The van der Waals surface area contributed by atoms with E-state index < -0.39 is 0 Å². The number of carbonyl (C=O) groups is 1. The van der Waals surface area contributed by atoms with Crippen LogP contribution >= 0.6 is 11.8 Å². The first-order chi connectivity index (χ1) is 10.3. The predicted molar refractivity (Wildman–Crippen MR) is 81.2 cm³/mol. The second kappa shape index (κ2) is 6.37. The third-order valence-electron chi connectivity index (χ3n) is 2.85. The predicted octanol–water partition coefficient (Wildman–Crippen LogP) is 3.71. The molecule has 21 heavy (non-hydrogen) atoms. The molecule has 0 saturated carbocycles. The van der Waals surface area contributed by atoms with Crippen molar-refractivity contribution in [2.45, 2.75) is 5.22 Å². The molecule has 0 unspecified atom stereocenters. The van der Waals surface area contributed by atoms with Gasteiger partial charge >= 0.3 is 0 Å². The molecule has 0 saturated heterocycles. The van der Waals surface area contributed by atoms with Crippen LogP contribution in [0.1, 0.15) is 10.4 Å². The van der Waals surface area contributed by atoms with Crippen molar-refractivity contribution in [2.24, 2.45) is 0 Å². The lowest BCUT2D eigenvalue weighted by atomic mass is 10.2. The number of ketones is 1. The third kappa shape index (κ3) is 3.38. The summed E-state index contributed by atoms with van der Waals surface area (Å²) in [5.41, 5.74) is 1.55. The Morgan fingerprint density at radius 2 is 1.62 bits per heavy atom. The highest BCUT2D eigenvalue weighted by atomic mass is 32.2. The monoisotopic (exact) mass is 296 g/mol. The van der Waals surface area contributed by atoms with E-state index in [2.05, 4.69) is 10.2 Å². The minimum atomic E-state index is 0.0417. The van der Waals surface area contributed by atoms with Crippen molar-refractivity contribution in [3.8, 4) is 11.5 Å².